The molecule has 1 aromatic carbocycles. The molecule has 0 radical (unpaired) electrons. The van der Waals surface area contributed by atoms with Crippen LogP contribution in [0.4, 0.5) is 5.69 Å². The molecule has 4 rings (SSSR count). The number of nitrogens with zero attached hydrogens (tertiary/aromatic N) is 2. The summed E-state index contributed by atoms with van der Waals surface area (Å²) in [5.41, 5.74) is 3.90. The first-order valence-electron chi connectivity index (χ1n) is 14.0. The summed E-state index contributed by atoms with van der Waals surface area (Å²) in [6, 6.07) is 4.85. The molecule has 41 heavy (non-hydrogen) atoms. The van der Waals surface area contributed by atoms with Gasteiger partial charge in [-0.1, -0.05) is 30.7 Å². The van der Waals surface area contributed by atoms with Crippen LogP contribution in [-0.4, -0.2) is 79.3 Å². The lowest BCUT2D eigenvalue weighted by atomic mass is 9.52. The molecule has 2 aliphatic heterocycles. The molecule has 224 valence electrons. The van der Waals surface area contributed by atoms with E-state index >= 15 is 0 Å². The molecule has 0 amide bonds. The highest BCUT2D eigenvalue weighted by molar-refractivity contribution is 5.84. The predicted octanol–water partition coefficient (Wildman–Crippen LogP) is 2.32. The highest BCUT2D eigenvalue weighted by Gasteiger charge is 2.65. The molecule has 0 spiro atoms. The van der Waals surface area contributed by atoms with Gasteiger partial charge in [0.15, 0.2) is 5.79 Å². The zero-order valence-corrected chi connectivity index (χ0v) is 23.4. The average molecular weight is 573 g/mol. The van der Waals surface area contributed by atoms with Crippen LogP contribution in [0.5, 0.6) is 0 Å². The Hall–Kier alpha value is -3.16. The normalized spacial score (nSPS) is 33.6. The first-order valence-corrected chi connectivity index (χ1v) is 14.0. The monoisotopic (exact) mass is 572 g/mol. The van der Waals surface area contributed by atoms with Crippen molar-refractivity contribution >= 4 is 17.6 Å². The molecule has 0 saturated carbocycles. The molecule has 7 N–H and O–H groups in total. The number of hydrogen-bond donors (Lipinski definition) is 6. The third-order valence-electron chi connectivity index (χ3n) is 9.45. The maximum atomic E-state index is 13.3. The van der Waals surface area contributed by atoms with Crippen LogP contribution in [0.15, 0.2) is 48.1 Å². The van der Waals surface area contributed by atoms with Crippen LogP contribution < -0.4 is 11.1 Å². The van der Waals surface area contributed by atoms with E-state index in [2.05, 4.69) is 10.2 Å². The van der Waals surface area contributed by atoms with Gasteiger partial charge in [-0.3, -0.25) is 29.9 Å². The average Bonchev–Trinajstić information content (AvgIpc) is 2.91. The number of aliphatic carboxylic acids is 2. The second-order valence-electron chi connectivity index (χ2n) is 11.9. The van der Waals surface area contributed by atoms with E-state index in [9.17, 15) is 40.1 Å². The molecule has 2 saturated heterocycles. The number of nitrogens with one attached hydrogen (secondary N) is 1. The minimum absolute atomic E-state index is 0.0454. The Balaban J connectivity index is 1.68. The molecule has 0 aromatic heterocycles. The van der Waals surface area contributed by atoms with Crippen molar-refractivity contribution in [3.63, 3.8) is 0 Å². The smallest absolute Gasteiger partial charge is 0.312 e. The number of aliphatic hydroxyl groups is 2. The van der Waals surface area contributed by atoms with E-state index in [0.29, 0.717) is 13.0 Å². The fourth-order valence-electron chi connectivity index (χ4n) is 7.14. The quantitative estimate of drug-likeness (QED) is 0.144. The summed E-state index contributed by atoms with van der Waals surface area (Å²) in [5.74, 6) is -5.51. The van der Waals surface area contributed by atoms with Crippen molar-refractivity contribution in [1.29, 1.82) is 0 Å². The number of non-ortho nitro benzene ring substituents is 1. The predicted molar refractivity (Wildman–Crippen MR) is 150 cm³/mol. The van der Waals surface area contributed by atoms with E-state index in [1.54, 1.807) is 19.1 Å². The largest absolute Gasteiger partial charge is 0.481 e. The summed E-state index contributed by atoms with van der Waals surface area (Å²) < 4.78 is 0. The number of nitro groups is 1. The van der Waals surface area contributed by atoms with E-state index in [1.165, 1.54) is 31.2 Å². The van der Waals surface area contributed by atoms with Crippen LogP contribution in [0.25, 0.3) is 0 Å². The zero-order valence-electron chi connectivity index (χ0n) is 23.4. The third-order valence-corrected chi connectivity index (χ3v) is 9.45. The molecular formula is C29H40N4O8. The molecule has 2 fully saturated rings. The number of hydrogen-bond acceptors (Lipinski definition) is 9. The van der Waals surface area contributed by atoms with Crippen molar-refractivity contribution in [2.45, 2.75) is 82.3 Å². The Morgan fingerprint density at radius 2 is 1.95 bits per heavy atom. The van der Waals surface area contributed by atoms with Gasteiger partial charge in [0.05, 0.1) is 16.5 Å². The Labute approximate surface area is 238 Å². The van der Waals surface area contributed by atoms with Gasteiger partial charge in [0.1, 0.15) is 5.41 Å². The van der Waals surface area contributed by atoms with Gasteiger partial charge >= 0.3 is 11.9 Å². The van der Waals surface area contributed by atoms with Crippen molar-refractivity contribution in [1.82, 2.24) is 10.2 Å². The number of piperidine rings is 2. The number of benzene rings is 1. The van der Waals surface area contributed by atoms with E-state index < -0.39 is 51.6 Å². The minimum Gasteiger partial charge on any atom is -0.481 e. The van der Waals surface area contributed by atoms with Crippen molar-refractivity contribution < 1.29 is 34.9 Å². The van der Waals surface area contributed by atoms with Gasteiger partial charge in [-0.2, -0.15) is 0 Å². The molecule has 3 aliphatic rings. The van der Waals surface area contributed by atoms with Crippen LogP contribution in [0, 0.1) is 20.9 Å². The second-order valence-corrected chi connectivity index (χ2v) is 11.9. The maximum Gasteiger partial charge on any atom is 0.312 e. The Morgan fingerprint density at radius 1 is 1.22 bits per heavy atom. The molecule has 2 heterocycles. The van der Waals surface area contributed by atoms with Gasteiger partial charge in [0.2, 0.25) is 0 Å². The fourth-order valence-corrected chi connectivity index (χ4v) is 7.14. The van der Waals surface area contributed by atoms with Crippen molar-refractivity contribution in [2.75, 3.05) is 13.1 Å². The lowest BCUT2D eigenvalue weighted by Crippen LogP contribution is -2.72. The number of carboxylic acids is 2. The van der Waals surface area contributed by atoms with Crippen molar-refractivity contribution in [3.05, 3.63) is 63.7 Å². The van der Waals surface area contributed by atoms with Gasteiger partial charge in [0, 0.05) is 36.6 Å². The van der Waals surface area contributed by atoms with Crippen molar-refractivity contribution in [3.8, 4) is 0 Å². The lowest BCUT2D eigenvalue weighted by Gasteiger charge is -2.56. The molecule has 1 aromatic rings. The minimum atomic E-state index is -1.86. The van der Waals surface area contributed by atoms with Gasteiger partial charge in [-0.15, -0.1) is 0 Å². The number of rotatable bonds is 9. The number of nitro benzene ring substituents is 1. The molecule has 1 aliphatic carbocycles. The van der Waals surface area contributed by atoms with Crippen LogP contribution in [0.2, 0.25) is 0 Å². The Bertz CT molecular complexity index is 1250. The SMILES string of the molecule is CC1N[C@@H](N)C(C)(C(=O)O)C(c2cccc([N+](=O)[O-])c2)C1(CCCN1CCCCC1C1=CCC(O)(O)C=C1)C(=O)O. The number of nitrogens with two attached hydrogens (primary N) is 1. The highest BCUT2D eigenvalue weighted by Crippen LogP contribution is 2.57. The summed E-state index contributed by atoms with van der Waals surface area (Å²) >= 11 is 0. The number of carbonyl (C=O) groups is 2. The van der Waals surface area contributed by atoms with Gasteiger partial charge in [0.25, 0.3) is 5.69 Å². The van der Waals surface area contributed by atoms with Crippen molar-refractivity contribution in [2.24, 2.45) is 16.6 Å². The van der Waals surface area contributed by atoms with E-state index in [4.69, 9.17) is 5.73 Å². The standard InChI is InChI=1S/C29H40N4O8/c1-18-29(26(36)37,12-6-16-32-15-4-3-9-22(32)19-10-13-28(38,39)14-11-19)23(27(2,25(34)35)24(30)31-18)20-7-5-8-21(17-20)33(40)41/h5,7-8,10-11,13,17-18,22-24,31,38-39H,3-4,6,9,12,14-16,30H2,1-2H3,(H,34,35)(H,36,37)/t18?,22?,23?,24-,27?,29?/m1/s1. The number of carboxylic acid groups (broad SMARTS) is 2. The van der Waals surface area contributed by atoms with Crippen LogP contribution in [0.1, 0.15) is 63.9 Å². The Kier molecular flexibility index (Phi) is 8.72. The van der Waals surface area contributed by atoms with Crippen LogP contribution in [-0.2, 0) is 9.59 Å². The summed E-state index contributed by atoms with van der Waals surface area (Å²) in [4.78, 5) is 39.3. The first-order chi connectivity index (χ1) is 19.2. The molecule has 12 heteroatoms. The molecule has 12 nitrogen and oxygen atoms in total. The third kappa shape index (κ3) is 5.67. The first kappa shape index (κ1) is 30.8. The Morgan fingerprint density at radius 3 is 2.56 bits per heavy atom. The van der Waals surface area contributed by atoms with Gasteiger partial charge < -0.3 is 26.2 Å². The summed E-state index contributed by atoms with van der Waals surface area (Å²) in [6.07, 6.45) is 7.32. The molecule has 0 bridgehead atoms. The van der Waals surface area contributed by atoms with E-state index in [0.717, 1.165) is 31.4 Å². The highest BCUT2D eigenvalue weighted by atomic mass is 16.6. The van der Waals surface area contributed by atoms with E-state index in [-0.39, 0.29) is 30.1 Å². The molecule has 6 atom stereocenters. The number of likely N-dealkylation sites (tertiary alicyclic amines) is 1. The summed E-state index contributed by atoms with van der Waals surface area (Å²) in [6.45, 7) is 4.42. The van der Waals surface area contributed by atoms with Crippen LogP contribution >= 0.6 is 0 Å². The summed E-state index contributed by atoms with van der Waals surface area (Å²) in [5, 5.41) is 55.6. The fraction of sp³-hybridized carbons (Fsp3) is 0.586. The zero-order chi connectivity index (χ0) is 30.2. The topological polar surface area (TPSA) is 199 Å². The van der Waals surface area contributed by atoms with Gasteiger partial charge in [-0.25, -0.2) is 0 Å². The van der Waals surface area contributed by atoms with Crippen LogP contribution in [0.3, 0.4) is 0 Å². The lowest BCUT2D eigenvalue weighted by molar-refractivity contribution is -0.385. The molecule has 5 unspecified atom stereocenters. The van der Waals surface area contributed by atoms with E-state index in [1.807, 2.05) is 6.08 Å². The van der Waals surface area contributed by atoms with Gasteiger partial charge in [-0.05, 0) is 69.8 Å². The second kappa shape index (κ2) is 11.6. The maximum absolute atomic E-state index is 13.3. The molecular weight excluding hydrogens is 532 g/mol. The summed E-state index contributed by atoms with van der Waals surface area (Å²) in [7, 11) is 0.